The molecule has 0 aliphatic rings. The summed E-state index contributed by atoms with van der Waals surface area (Å²) in [5.74, 6) is 0. The van der Waals surface area contributed by atoms with Gasteiger partial charge in [0.1, 0.15) is 0 Å². The summed E-state index contributed by atoms with van der Waals surface area (Å²) in [5.41, 5.74) is 0. The summed E-state index contributed by atoms with van der Waals surface area (Å²) in [5, 5.41) is 0. The Labute approximate surface area is 172 Å². The maximum atomic E-state index is 10.8. The van der Waals surface area contributed by atoms with E-state index in [2.05, 4.69) is 19.1 Å². The number of carbonyl (C=O) groups excluding carboxylic acids is 1. The fourth-order valence-corrected chi connectivity index (χ4v) is 2.80. The minimum absolute atomic E-state index is 0.475. The van der Waals surface area contributed by atoms with Crippen LogP contribution in [-0.4, -0.2) is 48.5 Å². The Morgan fingerprint density at radius 1 is 0.800 bits per heavy atom. The molecule has 0 radical (unpaired) electrons. The predicted molar refractivity (Wildman–Crippen MR) is 104 cm³/mol. The van der Waals surface area contributed by atoms with Gasteiger partial charge < -0.3 is 0 Å². The van der Waals surface area contributed by atoms with Crippen LogP contribution in [0.15, 0.2) is 12.2 Å². The molecule has 0 fully saturated rings. The minimum Gasteiger partial charge on any atom is -0.264 e. The summed E-state index contributed by atoms with van der Waals surface area (Å²) in [7, 11) is -4.67. The van der Waals surface area contributed by atoms with Gasteiger partial charge in [-0.2, -0.15) is 8.42 Å². The Morgan fingerprint density at radius 2 is 1.16 bits per heavy atom. The molecule has 0 spiro atoms. The van der Waals surface area contributed by atoms with Crippen molar-refractivity contribution in [2.75, 3.05) is 0 Å². The molecular formula is C18H35NaO5S. The first-order valence-electron chi connectivity index (χ1n) is 9.61. The number of hydrogen-bond acceptors (Lipinski definition) is 3. The van der Waals surface area contributed by atoms with Crippen LogP contribution in [0.3, 0.4) is 0 Å². The monoisotopic (exact) mass is 386 g/mol. The third-order valence-electron chi connectivity index (χ3n) is 3.79. The summed E-state index contributed by atoms with van der Waals surface area (Å²) in [6.07, 6.45) is 22.8. The van der Waals surface area contributed by atoms with Gasteiger partial charge in [-0.1, -0.05) is 39.0 Å². The van der Waals surface area contributed by atoms with Crippen molar-refractivity contribution in [3.8, 4) is 0 Å². The van der Waals surface area contributed by atoms with Crippen LogP contribution in [0.25, 0.3) is 0 Å². The minimum atomic E-state index is -4.67. The first-order chi connectivity index (χ1) is 11.8. The Kier molecular flexibility index (Phi) is 22.6. The van der Waals surface area contributed by atoms with E-state index in [1.165, 1.54) is 77.0 Å². The molecule has 0 aliphatic carbocycles. The molecule has 0 aromatic carbocycles. The van der Waals surface area contributed by atoms with E-state index in [0.29, 0.717) is 3.03 Å². The zero-order valence-corrected chi connectivity index (χ0v) is 18.9. The quantitative estimate of drug-likeness (QED) is 0.177. The zero-order chi connectivity index (χ0) is 19.4. The number of unbranched alkanes of at least 4 members (excludes halogenated alkanes) is 11. The van der Waals surface area contributed by atoms with Crippen molar-refractivity contribution in [1.29, 1.82) is 0 Å². The fraction of sp³-hybridized carbons (Fsp3) is 0.833. The molecule has 0 aromatic rings. The molecule has 0 amide bonds. The SMILES string of the molecule is CCCCCCCCC=CCCCCCCC[C](=O)[Na].O=S(=O)(O)O. The van der Waals surface area contributed by atoms with Crippen molar-refractivity contribution in [2.24, 2.45) is 0 Å². The van der Waals surface area contributed by atoms with E-state index in [4.69, 9.17) is 17.5 Å². The molecule has 0 aromatic heterocycles. The molecule has 0 aliphatic heterocycles. The van der Waals surface area contributed by atoms with Crippen molar-refractivity contribution in [2.45, 2.75) is 96.8 Å². The van der Waals surface area contributed by atoms with Gasteiger partial charge in [-0.25, -0.2) is 0 Å². The predicted octanol–water partition coefficient (Wildman–Crippen LogP) is 5.07. The van der Waals surface area contributed by atoms with E-state index in [-0.39, 0.29) is 0 Å². The van der Waals surface area contributed by atoms with E-state index in [1.54, 1.807) is 0 Å². The number of rotatable bonds is 15. The van der Waals surface area contributed by atoms with Gasteiger partial charge in [0.05, 0.1) is 0 Å². The number of carbonyl (C=O) groups is 1. The maximum Gasteiger partial charge on any atom is 0.394 e. The van der Waals surface area contributed by atoms with Gasteiger partial charge in [-0.05, 0) is 0 Å². The van der Waals surface area contributed by atoms with Crippen LogP contribution in [0.2, 0.25) is 0 Å². The molecule has 2 N–H and O–H groups in total. The Hall–Kier alpha value is 0.280. The molecular weight excluding hydrogens is 351 g/mol. The van der Waals surface area contributed by atoms with Gasteiger partial charge in [0.2, 0.25) is 0 Å². The summed E-state index contributed by atoms with van der Waals surface area (Å²) >= 11 is 0.742. The number of allylic oxidation sites excluding steroid dienone is 2. The van der Waals surface area contributed by atoms with Crippen LogP contribution in [0.5, 0.6) is 0 Å². The fourth-order valence-electron chi connectivity index (χ4n) is 2.44. The molecule has 25 heavy (non-hydrogen) atoms. The van der Waals surface area contributed by atoms with Crippen LogP contribution in [-0.2, 0) is 15.2 Å². The molecule has 5 nitrogen and oxygen atoms in total. The third-order valence-corrected chi connectivity index (χ3v) is 4.29. The van der Waals surface area contributed by atoms with Gasteiger partial charge in [-0.3, -0.25) is 9.11 Å². The molecule has 0 saturated heterocycles. The molecule has 144 valence electrons. The second kappa shape index (κ2) is 20.6. The number of hydrogen-bond donors (Lipinski definition) is 2. The molecule has 0 bridgehead atoms. The average molecular weight is 387 g/mol. The van der Waals surface area contributed by atoms with Crippen molar-refractivity contribution >= 4 is 41.4 Å². The molecule has 0 saturated carbocycles. The first kappa shape index (κ1) is 27.5. The van der Waals surface area contributed by atoms with Crippen LogP contribution in [0, 0.1) is 0 Å². The summed E-state index contributed by atoms with van der Waals surface area (Å²) in [6, 6.07) is 0. The van der Waals surface area contributed by atoms with Crippen molar-refractivity contribution in [3.05, 3.63) is 12.2 Å². The van der Waals surface area contributed by atoms with E-state index >= 15 is 0 Å². The van der Waals surface area contributed by atoms with Crippen LogP contribution >= 0.6 is 0 Å². The molecule has 0 atom stereocenters. The third kappa shape index (κ3) is 40.4. The largest absolute Gasteiger partial charge is 0.394 e. The Morgan fingerprint density at radius 3 is 1.56 bits per heavy atom. The van der Waals surface area contributed by atoms with Gasteiger partial charge in [0.25, 0.3) is 0 Å². The van der Waals surface area contributed by atoms with E-state index in [0.717, 1.165) is 40.8 Å². The average Bonchev–Trinajstić information content (AvgIpc) is 2.49. The van der Waals surface area contributed by atoms with Crippen LogP contribution < -0.4 is 0 Å². The van der Waals surface area contributed by atoms with Crippen molar-refractivity contribution in [1.82, 2.24) is 0 Å². The first-order valence-corrected chi connectivity index (χ1v) is 12.0. The topological polar surface area (TPSA) is 91.7 Å². The van der Waals surface area contributed by atoms with Crippen LogP contribution in [0.4, 0.5) is 0 Å². The van der Waals surface area contributed by atoms with E-state index in [9.17, 15) is 4.79 Å². The van der Waals surface area contributed by atoms with E-state index in [1.807, 2.05) is 0 Å². The second-order valence-corrected chi connectivity index (χ2v) is 8.50. The van der Waals surface area contributed by atoms with Crippen molar-refractivity contribution in [3.63, 3.8) is 0 Å². The Bertz CT molecular complexity index is 413. The molecule has 0 heterocycles. The molecule has 0 unspecified atom stereocenters. The molecule has 7 heteroatoms. The molecule has 0 rings (SSSR count). The van der Waals surface area contributed by atoms with Gasteiger partial charge in [0, 0.05) is 0 Å². The standard InChI is InChI=1S/C18H33O.Na.H2O4S/c1-2-3-4-5-6-7-8-9-10-11-12-13-14-15-16-17-18-19;;1-5(2,3)4/h9-10H,2-8,11-17H2,1H3;;(H2,1,2,3,4). The summed E-state index contributed by atoms with van der Waals surface area (Å²) in [6.45, 7) is 2.27. The smallest absolute Gasteiger partial charge is 0.264 e. The van der Waals surface area contributed by atoms with Crippen molar-refractivity contribution < 1.29 is 22.3 Å². The second-order valence-electron chi connectivity index (χ2n) is 6.48. The van der Waals surface area contributed by atoms with Gasteiger partial charge in [-0.15, -0.1) is 0 Å². The zero-order valence-electron chi connectivity index (χ0n) is 16.1. The summed E-state index contributed by atoms with van der Waals surface area (Å²) < 4.78 is 32.1. The van der Waals surface area contributed by atoms with Gasteiger partial charge in [0.15, 0.2) is 0 Å². The Balaban J connectivity index is 0. The maximum absolute atomic E-state index is 10.8. The van der Waals surface area contributed by atoms with Gasteiger partial charge >= 0.3 is 116 Å². The normalized spacial score (nSPS) is 11.4. The van der Waals surface area contributed by atoms with Crippen LogP contribution in [0.1, 0.15) is 96.8 Å². The summed E-state index contributed by atoms with van der Waals surface area (Å²) in [4.78, 5) is 10.8. The van der Waals surface area contributed by atoms with E-state index < -0.39 is 10.4 Å².